The average molecular weight is 502 g/mol. The summed E-state index contributed by atoms with van der Waals surface area (Å²) >= 11 is 0. The van der Waals surface area contributed by atoms with Gasteiger partial charge in [0.15, 0.2) is 0 Å². The molecule has 0 unspecified atom stereocenters. The van der Waals surface area contributed by atoms with E-state index in [2.05, 4.69) is 54.7 Å². The van der Waals surface area contributed by atoms with Gasteiger partial charge in [0.25, 0.3) is 5.91 Å². The third-order valence-corrected chi connectivity index (χ3v) is 5.78. The lowest BCUT2D eigenvalue weighted by molar-refractivity contribution is 0.0958. The van der Waals surface area contributed by atoms with Crippen molar-refractivity contribution in [3.8, 4) is 5.88 Å². The van der Waals surface area contributed by atoms with Gasteiger partial charge in [-0.25, -0.2) is 4.98 Å². The molecule has 1 fully saturated rings. The molecule has 0 radical (unpaired) electrons. The summed E-state index contributed by atoms with van der Waals surface area (Å²) in [6.45, 7) is 5.78. The molecule has 0 aliphatic carbocycles. The lowest BCUT2D eigenvalue weighted by Crippen LogP contribution is -2.25. The smallest absolute Gasteiger partial charge is 0.256 e. The number of benzene rings is 1. The van der Waals surface area contributed by atoms with Crippen LogP contribution in [0.4, 0.5) is 29.0 Å². The summed E-state index contributed by atoms with van der Waals surface area (Å²) in [4.78, 5) is 28.4. The Hall–Kier alpha value is -4.51. The number of nitrogens with zero attached hydrogens (tertiary/aromatic N) is 4. The van der Waals surface area contributed by atoms with Crippen LogP contribution in [0.5, 0.6) is 5.88 Å². The summed E-state index contributed by atoms with van der Waals surface area (Å²) in [5.41, 5.74) is 2.49. The van der Waals surface area contributed by atoms with E-state index in [1.807, 2.05) is 30.3 Å². The Kier molecular flexibility index (Phi) is 8.26. The van der Waals surface area contributed by atoms with Gasteiger partial charge in [-0.15, -0.1) is 6.58 Å². The molecule has 37 heavy (non-hydrogen) atoms. The SMILES string of the molecule is C=CCNC(=O)c1cnc(Nc2ccc(NC)c(C=N)c2)nc1Nc1cccc(O[C@H]2CCN(C)C2)n1. The molecule has 4 rings (SSSR count). The summed E-state index contributed by atoms with van der Waals surface area (Å²) in [6.07, 6.45) is 5.34. The number of likely N-dealkylation sites (tertiary alicyclic amines) is 1. The quantitative estimate of drug-likeness (QED) is 0.197. The van der Waals surface area contributed by atoms with Gasteiger partial charge in [0, 0.05) is 62.1 Å². The number of carbonyl (C=O) groups excluding carboxylic acids is 1. The largest absolute Gasteiger partial charge is 0.473 e. The van der Waals surface area contributed by atoms with Crippen LogP contribution >= 0.6 is 0 Å². The van der Waals surface area contributed by atoms with Crippen LogP contribution in [0.1, 0.15) is 22.3 Å². The van der Waals surface area contributed by atoms with E-state index in [0.717, 1.165) is 25.2 Å². The van der Waals surface area contributed by atoms with Crippen LogP contribution in [0.25, 0.3) is 0 Å². The van der Waals surface area contributed by atoms with Crippen molar-refractivity contribution in [1.29, 1.82) is 5.41 Å². The fraction of sp³-hybridized carbons (Fsp3) is 0.269. The molecule has 1 amide bonds. The maximum absolute atomic E-state index is 12.8. The molecule has 1 aromatic carbocycles. The lowest BCUT2D eigenvalue weighted by Gasteiger charge is -2.15. The van der Waals surface area contributed by atoms with Crippen molar-refractivity contribution in [2.24, 2.45) is 0 Å². The number of ether oxygens (including phenoxy) is 1. The number of aromatic nitrogens is 3. The molecule has 0 saturated carbocycles. The third kappa shape index (κ3) is 6.58. The van der Waals surface area contributed by atoms with Crippen LogP contribution < -0.4 is 26.0 Å². The number of amides is 1. The van der Waals surface area contributed by atoms with E-state index in [-0.39, 0.29) is 29.3 Å². The highest BCUT2D eigenvalue weighted by Gasteiger charge is 2.22. The van der Waals surface area contributed by atoms with E-state index in [9.17, 15) is 4.79 Å². The van der Waals surface area contributed by atoms with Crippen molar-refractivity contribution in [2.75, 3.05) is 49.7 Å². The maximum atomic E-state index is 12.8. The van der Waals surface area contributed by atoms with Gasteiger partial charge in [-0.2, -0.15) is 9.97 Å². The zero-order chi connectivity index (χ0) is 26.2. The van der Waals surface area contributed by atoms with Crippen LogP contribution in [0, 0.1) is 5.41 Å². The number of anilines is 5. The number of nitrogens with one attached hydrogen (secondary N) is 5. The van der Waals surface area contributed by atoms with Crippen molar-refractivity contribution in [3.63, 3.8) is 0 Å². The highest BCUT2D eigenvalue weighted by atomic mass is 16.5. The fourth-order valence-electron chi connectivity index (χ4n) is 3.91. The molecule has 1 aliphatic heterocycles. The van der Waals surface area contributed by atoms with E-state index in [1.54, 1.807) is 19.2 Å². The molecule has 0 bridgehead atoms. The Morgan fingerprint density at radius 2 is 2.14 bits per heavy atom. The summed E-state index contributed by atoms with van der Waals surface area (Å²) in [5, 5.41) is 19.7. The molecular weight excluding hydrogens is 470 g/mol. The lowest BCUT2D eigenvalue weighted by atomic mass is 10.1. The van der Waals surface area contributed by atoms with Gasteiger partial charge in [-0.05, 0) is 37.7 Å². The molecular formula is C26H31N9O2. The molecule has 1 atom stereocenters. The van der Waals surface area contributed by atoms with Crippen molar-refractivity contribution < 1.29 is 9.53 Å². The van der Waals surface area contributed by atoms with Crippen molar-refractivity contribution in [2.45, 2.75) is 12.5 Å². The van der Waals surface area contributed by atoms with Crippen LogP contribution in [-0.2, 0) is 0 Å². The Balaban J connectivity index is 1.59. The van der Waals surface area contributed by atoms with E-state index < -0.39 is 0 Å². The summed E-state index contributed by atoms with van der Waals surface area (Å²) in [5.74, 6) is 1.19. The molecule has 192 valence electrons. The van der Waals surface area contributed by atoms with E-state index in [4.69, 9.17) is 10.1 Å². The normalized spacial score (nSPS) is 15.0. The summed E-state index contributed by atoms with van der Waals surface area (Å²) in [6, 6.07) is 10.9. The number of hydrogen-bond donors (Lipinski definition) is 5. The second-order valence-corrected chi connectivity index (χ2v) is 8.55. The van der Waals surface area contributed by atoms with Gasteiger partial charge in [0.1, 0.15) is 23.3 Å². The second-order valence-electron chi connectivity index (χ2n) is 8.55. The van der Waals surface area contributed by atoms with Gasteiger partial charge >= 0.3 is 0 Å². The Morgan fingerprint density at radius 1 is 1.27 bits per heavy atom. The summed E-state index contributed by atoms with van der Waals surface area (Å²) in [7, 11) is 3.86. The fourth-order valence-corrected chi connectivity index (χ4v) is 3.91. The zero-order valence-corrected chi connectivity index (χ0v) is 20.9. The standard InChI is InChI=1S/C26H31N9O2/c1-4-11-29-25(36)20-15-30-26(31-18-8-9-21(28-2)17(13-18)14-27)34-24(20)33-22-6-5-7-23(32-22)37-19-10-12-35(3)16-19/h4-9,13-15,19,27-28H,1,10-12,16H2,2-3H3,(H,29,36)(H2,30,31,32,33,34)/t19-/m0/s1. The Morgan fingerprint density at radius 3 is 2.86 bits per heavy atom. The first-order chi connectivity index (χ1) is 18.0. The van der Waals surface area contributed by atoms with Gasteiger partial charge in [0.05, 0.1) is 0 Å². The molecule has 5 N–H and O–H groups in total. The van der Waals surface area contributed by atoms with Gasteiger partial charge in [0.2, 0.25) is 11.8 Å². The molecule has 3 aromatic rings. The molecule has 0 spiro atoms. The minimum atomic E-state index is -0.347. The molecule has 2 aromatic heterocycles. The van der Waals surface area contributed by atoms with Crippen LogP contribution in [0.15, 0.2) is 55.3 Å². The minimum absolute atomic E-state index is 0.0861. The molecule has 1 saturated heterocycles. The van der Waals surface area contributed by atoms with Crippen molar-refractivity contribution in [3.05, 3.63) is 66.4 Å². The van der Waals surface area contributed by atoms with Crippen LogP contribution in [0.2, 0.25) is 0 Å². The predicted molar refractivity (Wildman–Crippen MR) is 146 cm³/mol. The molecule has 11 nitrogen and oxygen atoms in total. The van der Waals surface area contributed by atoms with Crippen molar-refractivity contribution in [1.82, 2.24) is 25.2 Å². The zero-order valence-electron chi connectivity index (χ0n) is 20.9. The van der Waals surface area contributed by atoms with Gasteiger partial charge < -0.3 is 36.3 Å². The first-order valence-electron chi connectivity index (χ1n) is 11.9. The number of carbonyl (C=O) groups is 1. The maximum Gasteiger partial charge on any atom is 0.256 e. The highest BCUT2D eigenvalue weighted by molar-refractivity contribution is 5.99. The number of likely N-dealkylation sites (N-methyl/N-ethyl adjacent to an activating group) is 1. The van der Waals surface area contributed by atoms with E-state index in [0.29, 0.717) is 29.5 Å². The second kappa shape index (κ2) is 12.0. The monoisotopic (exact) mass is 501 g/mol. The Bertz CT molecular complexity index is 1280. The number of rotatable bonds is 11. The first kappa shape index (κ1) is 25.6. The average Bonchev–Trinajstić information content (AvgIpc) is 3.31. The molecule has 11 heteroatoms. The predicted octanol–water partition coefficient (Wildman–Crippen LogP) is 3.40. The number of pyridine rings is 1. The molecule has 1 aliphatic rings. The third-order valence-electron chi connectivity index (χ3n) is 5.78. The minimum Gasteiger partial charge on any atom is -0.473 e. The molecule has 3 heterocycles. The topological polar surface area (TPSA) is 140 Å². The summed E-state index contributed by atoms with van der Waals surface area (Å²) < 4.78 is 6.05. The van der Waals surface area contributed by atoms with Crippen LogP contribution in [-0.4, -0.2) is 71.8 Å². The van der Waals surface area contributed by atoms with E-state index >= 15 is 0 Å². The first-order valence-corrected chi connectivity index (χ1v) is 11.9. The van der Waals surface area contributed by atoms with E-state index in [1.165, 1.54) is 12.4 Å². The Labute approximate surface area is 215 Å². The highest BCUT2D eigenvalue weighted by Crippen LogP contribution is 2.25. The van der Waals surface area contributed by atoms with Crippen molar-refractivity contribution >= 4 is 41.1 Å². The number of hydrogen-bond acceptors (Lipinski definition) is 10. The van der Waals surface area contributed by atoms with Gasteiger partial charge in [-0.1, -0.05) is 12.1 Å². The van der Waals surface area contributed by atoms with Crippen LogP contribution in [0.3, 0.4) is 0 Å². The van der Waals surface area contributed by atoms with Gasteiger partial charge in [-0.3, -0.25) is 4.79 Å².